The Morgan fingerprint density at radius 3 is 2.77 bits per heavy atom. The Kier molecular flexibility index (Phi) is 7.37. The largest absolute Gasteiger partial charge is 0.381 e. The molecule has 0 saturated carbocycles. The monoisotopic (exact) mass is 498 g/mol. The summed E-state index contributed by atoms with van der Waals surface area (Å²) in [5.41, 5.74) is 8.08. The highest BCUT2D eigenvalue weighted by molar-refractivity contribution is 7.89. The van der Waals surface area contributed by atoms with Crippen LogP contribution in [0.3, 0.4) is 0 Å². The molecular formula is C23H30N8O3S. The summed E-state index contributed by atoms with van der Waals surface area (Å²) in [4.78, 5) is 17.2. The van der Waals surface area contributed by atoms with Crippen molar-refractivity contribution >= 4 is 32.8 Å². The van der Waals surface area contributed by atoms with Crippen molar-refractivity contribution in [2.75, 3.05) is 25.4 Å². The summed E-state index contributed by atoms with van der Waals surface area (Å²) in [6.45, 7) is 1.57. The van der Waals surface area contributed by atoms with Crippen molar-refractivity contribution < 1.29 is 13.2 Å². The number of fused-ring (bicyclic) bond motifs is 1. The first-order chi connectivity index (χ1) is 16.8. The maximum Gasteiger partial charge on any atom is 0.243 e. The number of carbonyl (C=O) groups excluding carboxylic acids is 1. The van der Waals surface area contributed by atoms with Gasteiger partial charge in [-0.1, -0.05) is 6.42 Å². The Bertz CT molecular complexity index is 1360. The van der Waals surface area contributed by atoms with Gasteiger partial charge < -0.3 is 15.6 Å². The van der Waals surface area contributed by atoms with E-state index in [1.54, 1.807) is 22.5 Å². The number of rotatable bonds is 9. The SMILES string of the molecule is Cn1c(CCC(=O)NCCCc2[nH]nc(N)c2C#N)nc2cc(S(=O)(=O)N3CCCCC3)ccc21. The first-order valence-corrected chi connectivity index (χ1v) is 13.2. The molecule has 1 aromatic carbocycles. The summed E-state index contributed by atoms with van der Waals surface area (Å²) in [5.74, 6) is 0.800. The van der Waals surface area contributed by atoms with Crippen molar-refractivity contribution in [3.63, 3.8) is 0 Å². The van der Waals surface area contributed by atoms with Gasteiger partial charge in [-0.3, -0.25) is 9.89 Å². The zero-order valence-electron chi connectivity index (χ0n) is 19.7. The van der Waals surface area contributed by atoms with E-state index < -0.39 is 10.0 Å². The van der Waals surface area contributed by atoms with Crippen LogP contribution in [-0.2, 0) is 34.7 Å². The molecule has 1 saturated heterocycles. The van der Waals surface area contributed by atoms with Crippen molar-refractivity contribution in [2.24, 2.45) is 7.05 Å². The predicted molar refractivity (Wildman–Crippen MR) is 131 cm³/mol. The molecule has 35 heavy (non-hydrogen) atoms. The number of hydrogen-bond acceptors (Lipinski definition) is 7. The number of carbonyl (C=O) groups is 1. The van der Waals surface area contributed by atoms with E-state index in [1.165, 1.54) is 0 Å². The van der Waals surface area contributed by atoms with Crippen LogP contribution in [-0.4, -0.2) is 58.0 Å². The summed E-state index contributed by atoms with van der Waals surface area (Å²) >= 11 is 0. The summed E-state index contributed by atoms with van der Waals surface area (Å²) in [6, 6.07) is 7.06. The molecule has 0 aliphatic carbocycles. The van der Waals surface area contributed by atoms with Crippen molar-refractivity contribution in [1.29, 1.82) is 5.26 Å². The normalized spacial score (nSPS) is 14.7. The Labute approximate surface area is 204 Å². The number of aromatic nitrogens is 4. The van der Waals surface area contributed by atoms with Crippen molar-refractivity contribution in [3.8, 4) is 6.07 Å². The fourth-order valence-electron chi connectivity index (χ4n) is 4.37. The lowest BCUT2D eigenvalue weighted by Crippen LogP contribution is -2.35. The van der Waals surface area contributed by atoms with Gasteiger partial charge >= 0.3 is 0 Å². The predicted octanol–water partition coefficient (Wildman–Crippen LogP) is 1.61. The second-order valence-corrected chi connectivity index (χ2v) is 10.7. The van der Waals surface area contributed by atoms with Gasteiger partial charge in [-0.05, 0) is 43.9 Å². The van der Waals surface area contributed by atoms with Crippen molar-refractivity contribution in [1.82, 2.24) is 29.4 Å². The summed E-state index contributed by atoms with van der Waals surface area (Å²) in [5, 5.41) is 18.6. The molecule has 2 aromatic heterocycles. The number of nitrogen functional groups attached to an aromatic ring is 1. The van der Waals surface area contributed by atoms with Crippen LogP contribution in [0.4, 0.5) is 5.82 Å². The van der Waals surface area contributed by atoms with Crippen LogP contribution in [0.25, 0.3) is 11.0 Å². The van der Waals surface area contributed by atoms with E-state index >= 15 is 0 Å². The minimum absolute atomic E-state index is 0.102. The zero-order valence-corrected chi connectivity index (χ0v) is 20.6. The molecule has 0 spiro atoms. The lowest BCUT2D eigenvalue weighted by molar-refractivity contribution is -0.121. The molecule has 0 unspecified atom stereocenters. The third-order valence-electron chi connectivity index (χ3n) is 6.38. The van der Waals surface area contributed by atoms with E-state index in [1.807, 2.05) is 17.7 Å². The Morgan fingerprint density at radius 2 is 2.03 bits per heavy atom. The lowest BCUT2D eigenvalue weighted by Gasteiger charge is -2.25. The number of nitriles is 1. The third kappa shape index (κ3) is 5.31. The zero-order chi connectivity index (χ0) is 25.0. The van der Waals surface area contributed by atoms with E-state index in [9.17, 15) is 13.2 Å². The topological polar surface area (TPSA) is 163 Å². The molecule has 3 aromatic rings. The fourth-order valence-corrected chi connectivity index (χ4v) is 5.91. The number of imidazole rings is 1. The highest BCUT2D eigenvalue weighted by Gasteiger charge is 2.26. The number of nitrogens with zero attached hydrogens (tertiary/aromatic N) is 5. The van der Waals surface area contributed by atoms with Crippen LogP contribution >= 0.6 is 0 Å². The first-order valence-electron chi connectivity index (χ1n) is 11.8. The average Bonchev–Trinajstić information content (AvgIpc) is 3.39. The van der Waals surface area contributed by atoms with Crippen LogP contribution in [0.1, 0.15) is 49.2 Å². The van der Waals surface area contributed by atoms with Gasteiger partial charge in [0.15, 0.2) is 5.82 Å². The van der Waals surface area contributed by atoms with Crippen molar-refractivity contribution in [3.05, 3.63) is 35.3 Å². The summed E-state index contributed by atoms with van der Waals surface area (Å²) in [7, 11) is -1.66. The van der Waals surface area contributed by atoms with Gasteiger partial charge in [0.2, 0.25) is 15.9 Å². The van der Waals surface area contributed by atoms with Gasteiger partial charge in [0.25, 0.3) is 0 Å². The average molecular weight is 499 g/mol. The van der Waals surface area contributed by atoms with Gasteiger partial charge in [-0.2, -0.15) is 14.7 Å². The maximum atomic E-state index is 13.0. The molecular weight excluding hydrogens is 468 g/mol. The molecule has 1 aliphatic rings. The Hall–Kier alpha value is -3.43. The molecule has 0 atom stereocenters. The van der Waals surface area contributed by atoms with E-state index in [0.717, 1.165) is 24.8 Å². The molecule has 4 rings (SSSR count). The molecule has 1 amide bonds. The molecule has 4 N–H and O–H groups in total. The molecule has 0 radical (unpaired) electrons. The number of aromatic amines is 1. The van der Waals surface area contributed by atoms with E-state index in [-0.39, 0.29) is 23.0 Å². The number of amides is 1. The Morgan fingerprint density at radius 1 is 1.26 bits per heavy atom. The Balaban J connectivity index is 1.33. The smallest absolute Gasteiger partial charge is 0.243 e. The van der Waals surface area contributed by atoms with Gasteiger partial charge in [0, 0.05) is 39.5 Å². The second-order valence-electron chi connectivity index (χ2n) is 8.73. The quantitative estimate of drug-likeness (QED) is 0.377. The minimum atomic E-state index is -3.53. The number of nitrogens with two attached hydrogens (primary N) is 1. The number of aryl methyl sites for hydroxylation is 3. The number of nitrogens with one attached hydrogen (secondary N) is 2. The van der Waals surface area contributed by atoms with E-state index in [4.69, 9.17) is 11.0 Å². The van der Waals surface area contributed by atoms with Crippen LogP contribution in [0, 0.1) is 11.3 Å². The highest BCUT2D eigenvalue weighted by Crippen LogP contribution is 2.25. The van der Waals surface area contributed by atoms with Crippen LogP contribution in [0.15, 0.2) is 23.1 Å². The molecule has 11 nitrogen and oxygen atoms in total. The number of sulfonamides is 1. The molecule has 12 heteroatoms. The van der Waals surface area contributed by atoms with E-state index in [0.29, 0.717) is 61.5 Å². The number of H-pyrrole nitrogens is 1. The van der Waals surface area contributed by atoms with Crippen molar-refractivity contribution in [2.45, 2.75) is 49.8 Å². The fraction of sp³-hybridized carbons (Fsp3) is 0.478. The highest BCUT2D eigenvalue weighted by atomic mass is 32.2. The first kappa shape index (κ1) is 24.7. The number of anilines is 1. The van der Waals surface area contributed by atoms with Gasteiger partial charge in [0.1, 0.15) is 17.5 Å². The van der Waals surface area contributed by atoms with Crippen LogP contribution in [0.2, 0.25) is 0 Å². The minimum Gasteiger partial charge on any atom is -0.381 e. The van der Waals surface area contributed by atoms with Crippen LogP contribution < -0.4 is 11.1 Å². The number of piperidine rings is 1. The lowest BCUT2D eigenvalue weighted by atomic mass is 10.1. The molecule has 186 valence electrons. The molecule has 1 aliphatic heterocycles. The summed E-state index contributed by atoms with van der Waals surface area (Å²) < 4.78 is 29.4. The maximum absolute atomic E-state index is 13.0. The van der Waals surface area contributed by atoms with E-state index in [2.05, 4.69) is 20.5 Å². The molecule has 1 fully saturated rings. The van der Waals surface area contributed by atoms with Crippen LogP contribution in [0.5, 0.6) is 0 Å². The number of benzene rings is 1. The van der Waals surface area contributed by atoms with Gasteiger partial charge in [-0.15, -0.1) is 0 Å². The second kappa shape index (κ2) is 10.5. The summed E-state index contributed by atoms with van der Waals surface area (Å²) in [6.07, 6.45) is 4.72. The third-order valence-corrected chi connectivity index (χ3v) is 8.27. The number of hydrogen-bond donors (Lipinski definition) is 3. The molecule has 3 heterocycles. The van der Waals surface area contributed by atoms with Gasteiger partial charge in [-0.25, -0.2) is 13.4 Å². The van der Waals surface area contributed by atoms with Gasteiger partial charge in [0.05, 0.1) is 21.6 Å². The standard InChI is InChI=1S/C23H30N8O3S/c1-30-20-8-7-16(35(33,34)31-12-3-2-4-13-31)14-19(20)27-21(30)9-10-22(32)26-11-5-6-18-17(15-24)23(25)29-28-18/h7-8,14H,2-6,9-13H2,1H3,(H,26,32)(H3,25,28,29). The molecule has 0 bridgehead atoms.